The SMILES string of the molecule is CCc1ccccc1C(=O)NCC(C)(C)CN. The summed E-state index contributed by atoms with van der Waals surface area (Å²) < 4.78 is 0. The van der Waals surface area contributed by atoms with Crippen molar-refractivity contribution in [3.05, 3.63) is 35.4 Å². The van der Waals surface area contributed by atoms with E-state index in [1.165, 1.54) is 0 Å². The number of amides is 1. The Morgan fingerprint density at radius 2 is 2.00 bits per heavy atom. The minimum Gasteiger partial charge on any atom is -0.351 e. The second kappa shape index (κ2) is 5.82. The fraction of sp³-hybridized carbons (Fsp3) is 0.500. The van der Waals surface area contributed by atoms with Crippen LogP contribution >= 0.6 is 0 Å². The molecular formula is C14H22N2O. The largest absolute Gasteiger partial charge is 0.351 e. The van der Waals surface area contributed by atoms with Crippen molar-refractivity contribution < 1.29 is 4.79 Å². The zero-order valence-electron chi connectivity index (χ0n) is 10.9. The maximum Gasteiger partial charge on any atom is 0.251 e. The molecule has 3 nitrogen and oxygen atoms in total. The monoisotopic (exact) mass is 234 g/mol. The van der Waals surface area contributed by atoms with E-state index in [4.69, 9.17) is 5.73 Å². The summed E-state index contributed by atoms with van der Waals surface area (Å²) in [5.41, 5.74) is 7.42. The van der Waals surface area contributed by atoms with E-state index in [1.807, 2.05) is 38.1 Å². The highest BCUT2D eigenvalue weighted by Gasteiger charge is 2.17. The number of nitrogens with one attached hydrogen (secondary N) is 1. The number of nitrogens with two attached hydrogens (primary N) is 1. The smallest absolute Gasteiger partial charge is 0.251 e. The van der Waals surface area contributed by atoms with Gasteiger partial charge < -0.3 is 11.1 Å². The maximum atomic E-state index is 12.0. The minimum absolute atomic E-state index is 0.0102. The van der Waals surface area contributed by atoms with Crippen LogP contribution in [0.5, 0.6) is 0 Å². The number of carbonyl (C=O) groups excluding carboxylic acids is 1. The Balaban J connectivity index is 2.70. The van der Waals surface area contributed by atoms with Gasteiger partial charge in [-0.15, -0.1) is 0 Å². The fourth-order valence-corrected chi connectivity index (χ4v) is 1.54. The van der Waals surface area contributed by atoms with Gasteiger partial charge in [-0.1, -0.05) is 39.0 Å². The van der Waals surface area contributed by atoms with E-state index in [2.05, 4.69) is 12.2 Å². The third-order valence-corrected chi connectivity index (χ3v) is 2.92. The summed E-state index contributed by atoms with van der Waals surface area (Å²) in [6, 6.07) is 7.70. The lowest BCUT2D eigenvalue weighted by molar-refractivity contribution is 0.0937. The van der Waals surface area contributed by atoms with Gasteiger partial charge in [0, 0.05) is 12.1 Å². The van der Waals surface area contributed by atoms with Crippen molar-refractivity contribution in [3.8, 4) is 0 Å². The number of aryl methyl sites for hydroxylation is 1. The highest BCUT2D eigenvalue weighted by Crippen LogP contribution is 2.12. The second-order valence-corrected chi connectivity index (χ2v) is 5.06. The van der Waals surface area contributed by atoms with Gasteiger partial charge in [-0.3, -0.25) is 4.79 Å². The third-order valence-electron chi connectivity index (χ3n) is 2.92. The summed E-state index contributed by atoms with van der Waals surface area (Å²) in [5, 5.41) is 2.95. The molecule has 1 aromatic rings. The zero-order valence-corrected chi connectivity index (χ0v) is 10.9. The average Bonchev–Trinajstić information content (AvgIpc) is 2.36. The first kappa shape index (κ1) is 13.7. The molecule has 0 aliphatic heterocycles. The summed E-state index contributed by atoms with van der Waals surface area (Å²) >= 11 is 0. The van der Waals surface area contributed by atoms with Gasteiger partial charge in [0.2, 0.25) is 0 Å². The van der Waals surface area contributed by atoms with Crippen LogP contribution in [0.15, 0.2) is 24.3 Å². The lowest BCUT2D eigenvalue weighted by Gasteiger charge is -2.22. The number of rotatable bonds is 5. The summed E-state index contributed by atoms with van der Waals surface area (Å²) in [4.78, 5) is 12.0. The molecule has 0 bridgehead atoms. The average molecular weight is 234 g/mol. The Labute approximate surface area is 103 Å². The molecule has 0 saturated heterocycles. The van der Waals surface area contributed by atoms with Crippen molar-refractivity contribution in [1.29, 1.82) is 0 Å². The predicted octanol–water partition coefficient (Wildman–Crippen LogP) is 1.96. The van der Waals surface area contributed by atoms with Gasteiger partial charge in [0.25, 0.3) is 5.91 Å². The van der Waals surface area contributed by atoms with Gasteiger partial charge in [0.15, 0.2) is 0 Å². The molecule has 1 rings (SSSR count). The second-order valence-electron chi connectivity index (χ2n) is 5.06. The fourth-order valence-electron chi connectivity index (χ4n) is 1.54. The number of benzene rings is 1. The lowest BCUT2D eigenvalue weighted by atomic mass is 9.93. The van der Waals surface area contributed by atoms with Crippen LogP contribution in [0.25, 0.3) is 0 Å². The molecule has 0 heterocycles. The van der Waals surface area contributed by atoms with E-state index in [9.17, 15) is 4.79 Å². The first-order chi connectivity index (χ1) is 8.00. The topological polar surface area (TPSA) is 55.1 Å². The van der Waals surface area contributed by atoms with Crippen LogP contribution in [0.3, 0.4) is 0 Å². The number of hydrogen-bond donors (Lipinski definition) is 2. The van der Waals surface area contributed by atoms with Gasteiger partial charge in [0.1, 0.15) is 0 Å². The van der Waals surface area contributed by atoms with Crippen molar-refractivity contribution in [3.63, 3.8) is 0 Å². The molecular weight excluding hydrogens is 212 g/mol. The molecule has 0 aliphatic rings. The predicted molar refractivity (Wildman–Crippen MR) is 71.0 cm³/mol. The van der Waals surface area contributed by atoms with E-state index in [-0.39, 0.29) is 11.3 Å². The molecule has 0 atom stereocenters. The highest BCUT2D eigenvalue weighted by atomic mass is 16.1. The molecule has 3 heteroatoms. The van der Waals surface area contributed by atoms with E-state index >= 15 is 0 Å². The van der Waals surface area contributed by atoms with Crippen LogP contribution in [-0.2, 0) is 6.42 Å². The van der Waals surface area contributed by atoms with E-state index in [1.54, 1.807) is 0 Å². The summed E-state index contributed by atoms with van der Waals surface area (Å²) in [7, 11) is 0. The van der Waals surface area contributed by atoms with Crippen molar-refractivity contribution in [1.82, 2.24) is 5.32 Å². The summed E-state index contributed by atoms with van der Waals surface area (Å²) in [6.45, 7) is 7.29. The van der Waals surface area contributed by atoms with Crippen LogP contribution in [0.1, 0.15) is 36.7 Å². The molecule has 3 N–H and O–H groups in total. The standard InChI is InChI=1S/C14H22N2O/c1-4-11-7-5-6-8-12(11)13(17)16-10-14(2,3)9-15/h5-8H,4,9-10,15H2,1-3H3,(H,16,17). The molecule has 0 aliphatic carbocycles. The van der Waals surface area contributed by atoms with Crippen molar-refractivity contribution in [2.24, 2.45) is 11.1 Å². The molecule has 0 spiro atoms. The molecule has 94 valence electrons. The quantitative estimate of drug-likeness (QED) is 0.818. The van der Waals surface area contributed by atoms with Gasteiger partial charge in [-0.2, -0.15) is 0 Å². The normalized spacial score (nSPS) is 11.3. The lowest BCUT2D eigenvalue weighted by Crippen LogP contribution is -2.38. The molecule has 0 saturated carbocycles. The molecule has 1 amide bonds. The Morgan fingerprint density at radius 3 is 2.59 bits per heavy atom. The van der Waals surface area contributed by atoms with Crippen LogP contribution < -0.4 is 11.1 Å². The van der Waals surface area contributed by atoms with Crippen molar-refractivity contribution in [2.75, 3.05) is 13.1 Å². The molecule has 1 aromatic carbocycles. The Morgan fingerprint density at radius 1 is 1.35 bits per heavy atom. The third kappa shape index (κ3) is 3.86. The first-order valence-electron chi connectivity index (χ1n) is 6.06. The van der Waals surface area contributed by atoms with Crippen molar-refractivity contribution >= 4 is 5.91 Å². The highest BCUT2D eigenvalue weighted by molar-refractivity contribution is 5.95. The van der Waals surface area contributed by atoms with Gasteiger partial charge in [0.05, 0.1) is 0 Å². The molecule has 0 radical (unpaired) electrons. The van der Waals surface area contributed by atoms with Crippen molar-refractivity contribution in [2.45, 2.75) is 27.2 Å². The van der Waals surface area contributed by atoms with E-state index in [0.29, 0.717) is 13.1 Å². The van der Waals surface area contributed by atoms with Crippen LogP contribution in [0.2, 0.25) is 0 Å². The Kier molecular flexibility index (Phi) is 4.70. The zero-order chi connectivity index (χ0) is 12.9. The first-order valence-corrected chi connectivity index (χ1v) is 6.06. The van der Waals surface area contributed by atoms with Crippen LogP contribution in [-0.4, -0.2) is 19.0 Å². The molecule has 0 aromatic heterocycles. The molecule has 17 heavy (non-hydrogen) atoms. The van der Waals surface area contributed by atoms with Gasteiger partial charge in [-0.25, -0.2) is 0 Å². The molecule has 0 fully saturated rings. The van der Waals surface area contributed by atoms with Crippen LogP contribution in [0, 0.1) is 5.41 Å². The number of carbonyl (C=O) groups is 1. The summed E-state index contributed by atoms with van der Waals surface area (Å²) in [6.07, 6.45) is 0.865. The van der Waals surface area contributed by atoms with E-state index < -0.39 is 0 Å². The number of hydrogen-bond acceptors (Lipinski definition) is 2. The summed E-state index contributed by atoms with van der Waals surface area (Å²) in [5.74, 6) is -0.0102. The van der Waals surface area contributed by atoms with Gasteiger partial charge >= 0.3 is 0 Å². The van der Waals surface area contributed by atoms with Gasteiger partial charge in [-0.05, 0) is 30.0 Å². The Bertz CT molecular complexity index is 386. The maximum absolute atomic E-state index is 12.0. The van der Waals surface area contributed by atoms with E-state index in [0.717, 1.165) is 17.5 Å². The van der Waals surface area contributed by atoms with Crippen LogP contribution in [0.4, 0.5) is 0 Å². The molecule has 0 unspecified atom stereocenters. The minimum atomic E-state index is -0.0587. The Hall–Kier alpha value is -1.35.